The van der Waals surface area contributed by atoms with Gasteiger partial charge in [0, 0.05) is 5.56 Å². The summed E-state index contributed by atoms with van der Waals surface area (Å²) in [6, 6.07) is 4.09. The highest BCUT2D eigenvalue weighted by Crippen LogP contribution is 2.32. The van der Waals surface area contributed by atoms with Gasteiger partial charge in [0.2, 0.25) is 5.82 Å². The lowest BCUT2D eigenvalue weighted by Crippen LogP contribution is -1.97. The molecule has 1 aromatic carbocycles. The van der Waals surface area contributed by atoms with E-state index in [4.69, 9.17) is 4.74 Å². The first kappa shape index (κ1) is 11.6. The fraction of sp³-hybridized carbons (Fsp3) is 0.417. The monoisotopic (exact) mass is 232 g/mol. The van der Waals surface area contributed by atoms with Crippen LogP contribution < -0.4 is 4.74 Å². The molecule has 0 unspecified atom stereocenters. The average Bonchev–Trinajstić information content (AvgIpc) is 2.81. The summed E-state index contributed by atoms with van der Waals surface area (Å²) < 4.78 is 5.40. The molecule has 0 aliphatic heterocycles. The molecule has 0 spiro atoms. The lowest BCUT2D eigenvalue weighted by molar-refractivity contribution is 0.407. The Morgan fingerprint density at radius 2 is 2.06 bits per heavy atom. The zero-order valence-electron chi connectivity index (χ0n) is 10.5. The molecule has 0 atom stereocenters. The van der Waals surface area contributed by atoms with Crippen LogP contribution in [0, 0.1) is 6.92 Å². The lowest BCUT2D eigenvalue weighted by atomic mass is 9.96. The Hall–Kier alpha value is -1.91. The Bertz CT molecular complexity index is 505. The number of aromatic amines is 1. The Kier molecular flexibility index (Phi) is 3.08. The molecule has 2 rings (SSSR count). The fourth-order valence-electron chi connectivity index (χ4n) is 1.84. The molecule has 0 aliphatic rings. The van der Waals surface area contributed by atoms with Crippen LogP contribution >= 0.6 is 0 Å². The summed E-state index contributed by atoms with van der Waals surface area (Å²) >= 11 is 0. The summed E-state index contributed by atoms with van der Waals surface area (Å²) in [5, 5.41) is 14.1. The van der Waals surface area contributed by atoms with Gasteiger partial charge in [-0.3, -0.25) is 0 Å². The molecule has 0 aliphatic carbocycles. The average molecular weight is 232 g/mol. The minimum Gasteiger partial charge on any atom is -0.496 e. The summed E-state index contributed by atoms with van der Waals surface area (Å²) in [6.45, 7) is 6.28. The molecule has 0 radical (unpaired) electrons. The predicted molar refractivity (Wildman–Crippen MR) is 65.0 cm³/mol. The van der Waals surface area contributed by atoms with Gasteiger partial charge in [0.15, 0.2) is 0 Å². The molecular weight excluding hydrogens is 216 g/mol. The van der Waals surface area contributed by atoms with E-state index in [1.165, 1.54) is 0 Å². The topological polar surface area (TPSA) is 63.7 Å². The maximum atomic E-state index is 5.40. The Morgan fingerprint density at radius 1 is 1.29 bits per heavy atom. The zero-order chi connectivity index (χ0) is 12.4. The van der Waals surface area contributed by atoms with Gasteiger partial charge in [0.05, 0.1) is 7.11 Å². The molecule has 0 saturated carbocycles. The molecule has 5 nitrogen and oxygen atoms in total. The van der Waals surface area contributed by atoms with Crippen LogP contribution in [0.5, 0.6) is 5.75 Å². The maximum Gasteiger partial charge on any atom is 0.204 e. The van der Waals surface area contributed by atoms with Crippen molar-refractivity contribution in [3.05, 3.63) is 23.3 Å². The maximum absolute atomic E-state index is 5.40. The molecule has 0 saturated heterocycles. The number of aryl methyl sites for hydroxylation is 1. The number of aromatic nitrogens is 4. The van der Waals surface area contributed by atoms with Crippen molar-refractivity contribution in [2.24, 2.45) is 0 Å². The van der Waals surface area contributed by atoms with Crippen molar-refractivity contribution in [2.45, 2.75) is 26.7 Å². The van der Waals surface area contributed by atoms with Crippen molar-refractivity contribution < 1.29 is 4.74 Å². The van der Waals surface area contributed by atoms with Crippen LogP contribution in [0.15, 0.2) is 12.1 Å². The van der Waals surface area contributed by atoms with Crippen molar-refractivity contribution in [1.29, 1.82) is 0 Å². The van der Waals surface area contributed by atoms with E-state index < -0.39 is 0 Å². The van der Waals surface area contributed by atoms with Crippen LogP contribution in [0.1, 0.15) is 30.9 Å². The largest absolute Gasteiger partial charge is 0.496 e. The van der Waals surface area contributed by atoms with E-state index in [1.54, 1.807) is 7.11 Å². The van der Waals surface area contributed by atoms with Crippen LogP contribution in [-0.4, -0.2) is 27.7 Å². The van der Waals surface area contributed by atoms with E-state index in [-0.39, 0.29) is 0 Å². The van der Waals surface area contributed by atoms with Gasteiger partial charge in [-0.15, -0.1) is 10.2 Å². The van der Waals surface area contributed by atoms with Crippen molar-refractivity contribution in [3.63, 3.8) is 0 Å². The third-order valence-corrected chi connectivity index (χ3v) is 2.78. The summed E-state index contributed by atoms with van der Waals surface area (Å²) in [4.78, 5) is 0. The Labute approximate surface area is 100 Å². The number of rotatable bonds is 3. The second-order valence-corrected chi connectivity index (χ2v) is 4.30. The summed E-state index contributed by atoms with van der Waals surface area (Å²) in [7, 11) is 1.69. The number of methoxy groups -OCH3 is 1. The summed E-state index contributed by atoms with van der Waals surface area (Å²) in [6.07, 6.45) is 0. The van der Waals surface area contributed by atoms with Gasteiger partial charge in [-0.1, -0.05) is 13.8 Å². The first-order valence-electron chi connectivity index (χ1n) is 5.55. The standard InChI is InChI=1S/C12H16N4O/c1-7(2)9-6-10(12-13-15-16-14-12)8(3)5-11(9)17-4/h5-7H,1-4H3,(H,13,14,15,16). The van der Waals surface area contributed by atoms with Gasteiger partial charge < -0.3 is 4.74 Å². The fourth-order valence-corrected chi connectivity index (χ4v) is 1.84. The van der Waals surface area contributed by atoms with Crippen LogP contribution in [0.2, 0.25) is 0 Å². The van der Waals surface area contributed by atoms with Crippen LogP contribution in [0.3, 0.4) is 0 Å². The highest BCUT2D eigenvalue weighted by Gasteiger charge is 2.14. The minimum atomic E-state index is 0.385. The van der Waals surface area contributed by atoms with Crippen molar-refractivity contribution >= 4 is 0 Å². The number of H-pyrrole nitrogens is 1. The van der Waals surface area contributed by atoms with E-state index in [1.807, 2.05) is 13.0 Å². The van der Waals surface area contributed by atoms with Gasteiger partial charge in [0.1, 0.15) is 5.75 Å². The quantitative estimate of drug-likeness (QED) is 0.882. The Balaban J connectivity index is 2.58. The van der Waals surface area contributed by atoms with Crippen molar-refractivity contribution in [1.82, 2.24) is 20.6 Å². The molecule has 1 aromatic heterocycles. The second-order valence-electron chi connectivity index (χ2n) is 4.30. The predicted octanol–water partition coefficient (Wildman–Crippen LogP) is 2.31. The zero-order valence-corrected chi connectivity index (χ0v) is 10.5. The molecule has 0 bridgehead atoms. The lowest BCUT2D eigenvalue weighted by Gasteiger charge is -2.14. The molecule has 90 valence electrons. The van der Waals surface area contributed by atoms with Crippen LogP contribution in [0.4, 0.5) is 0 Å². The first-order valence-corrected chi connectivity index (χ1v) is 5.55. The first-order chi connectivity index (χ1) is 8.13. The molecular formula is C12H16N4O. The second kappa shape index (κ2) is 4.53. The van der Waals surface area contributed by atoms with E-state index in [2.05, 4.69) is 40.5 Å². The normalized spacial score (nSPS) is 10.9. The number of benzene rings is 1. The number of ether oxygens (including phenoxy) is 1. The van der Waals surface area contributed by atoms with E-state index in [0.29, 0.717) is 11.7 Å². The highest BCUT2D eigenvalue weighted by atomic mass is 16.5. The molecule has 0 amide bonds. The SMILES string of the molecule is COc1cc(C)c(-c2nn[nH]n2)cc1C(C)C. The van der Waals surface area contributed by atoms with E-state index >= 15 is 0 Å². The van der Waals surface area contributed by atoms with Gasteiger partial charge in [0.25, 0.3) is 0 Å². The van der Waals surface area contributed by atoms with Crippen LogP contribution in [-0.2, 0) is 0 Å². The number of hydrogen-bond donors (Lipinski definition) is 1. The summed E-state index contributed by atoms with van der Waals surface area (Å²) in [5.41, 5.74) is 3.22. The Morgan fingerprint density at radius 3 is 2.59 bits per heavy atom. The van der Waals surface area contributed by atoms with Crippen molar-refractivity contribution in [3.8, 4) is 17.1 Å². The number of nitrogens with zero attached hydrogens (tertiary/aromatic N) is 3. The minimum absolute atomic E-state index is 0.385. The van der Waals surface area contributed by atoms with Crippen molar-refractivity contribution in [2.75, 3.05) is 7.11 Å². The van der Waals surface area contributed by atoms with E-state index in [9.17, 15) is 0 Å². The smallest absolute Gasteiger partial charge is 0.204 e. The van der Waals surface area contributed by atoms with Gasteiger partial charge in [-0.05, 0) is 41.3 Å². The molecule has 1 heterocycles. The molecule has 17 heavy (non-hydrogen) atoms. The van der Waals surface area contributed by atoms with Crippen LogP contribution in [0.25, 0.3) is 11.4 Å². The molecule has 5 heteroatoms. The van der Waals surface area contributed by atoms with Gasteiger partial charge in [-0.2, -0.15) is 5.21 Å². The molecule has 0 fully saturated rings. The number of nitrogens with one attached hydrogen (secondary N) is 1. The highest BCUT2D eigenvalue weighted by molar-refractivity contribution is 5.63. The molecule has 1 N–H and O–H groups in total. The van der Waals surface area contributed by atoms with E-state index in [0.717, 1.165) is 22.4 Å². The van der Waals surface area contributed by atoms with Gasteiger partial charge in [-0.25, -0.2) is 0 Å². The third kappa shape index (κ3) is 2.13. The summed E-state index contributed by atoms with van der Waals surface area (Å²) in [5.74, 6) is 1.91. The van der Waals surface area contributed by atoms with Gasteiger partial charge >= 0.3 is 0 Å². The number of tetrazole rings is 1. The number of hydrogen-bond acceptors (Lipinski definition) is 4. The third-order valence-electron chi connectivity index (χ3n) is 2.78. The molecule has 2 aromatic rings.